The molecule has 0 unspecified atom stereocenters. The van der Waals surface area contributed by atoms with Crippen LogP contribution in [0.15, 0.2) is 67.4 Å². The second-order valence-electron chi connectivity index (χ2n) is 7.81. The number of methoxy groups -OCH3 is 1. The van der Waals surface area contributed by atoms with E-state index >= 15 is 0 Å². The fourth-order valence-electron chi connectivity index (χ4n) is 3.60. The minimum absolute atomic E-state index is 0.253. The number of hydrogen-bond acceptors (Lipinski definition) is 5. The molecule has 0 amide bonds. The zero-order valence-electron chi connectivity index (χ0n) is 19.3. The molecule has 4 aromatic rings. The monoisotopic (exact) mass is 617 g/mol. The molecule has 0 spiro atoms. The van der Waals surface area contributed by atoms with Crippen molar-refractivity contribution in [1.29, 1.82) is 0 Å². The number of rotatable bonds is 7. The number of ether oxygens (including phenoxy) is 2. The van der Waals surface area contributed by atoms with E-state index in [1.165, 1.54) is 4.68 Å². The van der Waals surface area contributed by atoms with Crippen molar-refractivity contribution in [1.82, 2.24) is 9.66 Å². The van der Waals surface area contributed by atoms with Crippen LogP contribution >= 0.6 is 43.5 Å². The van der Waals surface area contributed by atoms with Crippen LogP contribution in [0.3, 0.4) is 0 Å². The predicted molar refractivity (Wildman–Crippen MR) is 147 cm³/mol. The van der Waals surface area contributed by atoms with E-state index in [2.05, 4.69) is 48.0 Å². The molecule has 0 aliphatic rings. The quantitative estimate of drug-likeness (QED) is 0.211. The Labute approximate surface area is 224 Å². The van der Waals surface area contributed by atoms with Gasteiger partial charge in [0, 0.05) is 20.9 Å². The molecule has 1 aromatic heterocycles. The Morgan fingerprint density at radius 1 is 1.17 bits per heavy atom. The highest BCUT2D eigenvalue weighted by molar-refractivity contribution is 9.10. The van der Waals surface area contributed by atoms with Crippen molar-refractivity contribution < 1.29 is 9.47 Å². The Morgan fingerprint density at radius 2 is 1.97 bits per heavy atom. The lowest BCUT2D eigenvalue weighted by atomic mass is 10.1. The third-order valence-corrected chi connectivity index (χ3v) is 7.28. The third kappa shape index (κ3) is 5.44. The van der Waals surface area contributed by atoms with Gasteiger partial charge in [-0.15, -0.1) is 0 Å². The average molecular weight is 620 g/mol. The van der Waals surface area contributed by atoms with Crippen LogP contribution in [0.1, 0.15) is 29.4 Å². The normalized spacial score (nSPS) is 11.4. The second-order valence-corrected chi connectivity index (χ2v) is 9.89. The van der Waals surface area contributed by atoms with Gasteiger partial charge in [-0.2, -0.15) is 9.78 Å². The van der Waals surface area contributed by atoms with Gasteiger partial charge >= 0.3 is 0 Å². The average Bonchev–Trinajstić information content (AvgIpc) is 2.85. The zero-order valence-corrected chi connectivity index (χ0v) is 23.2. The highest BCUT2D eigenvalue weighted by Gasteiger charge is 2.18. The van der Waals surface area contributed by atoms with Crippen molar-refractivity contribution in [2.24, 2.45) is 5.10 Å². The van der Waals surface area contributed by atoms with Gasteiger partial charge in [-0.1, -0.05) is 64.3 Å². The first-order chi connectivity index (χ1) is 16.8. The summed E-state index contributed by atoms with van der Waals surface area (Å²) in [7, 11) is 1.55. The number of aryl methyl sites for hydroxylation is 2. The van der Waals surface area contributed by atoms with E-state index in [9.17, 15) is 4.79 Å². The molecule has 4 rings (SSSR count). The van der Waals surface area contributed by atoms with Gasteiger partial charge in [0.1, 0.15) is 17.5 Å². The summed E-state index contributed by atoms with van der Waals surface area (Å²) < 4.78 is 14.2. The lowest BCUT2D eigenvalue weighted by Crippen LogP contribution is -2.22. The molecule has 0 radical (unpaired) electrons. The van der Waals surface area contributed by atoms with Crippen molar-refractivity contribution in [3.05, 3.63) is 95.4 Å². The van der Waals surface area contributed by atoms with Gasteiger partial charge in [-0.3, -0.25) is 4.79 Å². The maximum atomic E-state index is 13.2. The van der Waals surface area contributed by atoms with Crippen LogP contribution < -0.4 is 15.0 Å². The predicted octanol–water partition coefficient (Wildman–Crippen LogP) is 6.92. The molecule has 1 heterocycles. The molecule has 0 fully saturated rings. The Kier molecular flexibility index (Phi) is 7.94. The van der Waals surface area contributed by atoms with E-state index in [0.717, 1.165) is 15.6 Å². The van der Waals surface area contributed by atoms with Gasteiger partial charge in [-0.05, 0) is 52.7 Å². The van der Waals surface area contributed by atoms with Gasteiger partial charge in [-0.25, -0.2) is 4.98 Å². The standard InChI is InChI=1S/C26H22Br2ClN3O3/c1-4-22-31-20-9-8-18(27)12-19(20)26(33)32(22)30-13-17-11-21(34-3)25(24(29)23(17)28)35-14-16-7-5-6-15(2)10-16/h5-13H,4,14H2,1-3H3. The van der Waals surface area contributed by atoms with E-state index < -0.39 is 0 Å². The summed E-state index contributed by atoms with van der Waals surface area (Å²) in [5.74, 6) is 1.42. The Hall–Kier alpha value is -2.68. The number of benzene rings is 3. The topological polar surface area (TPSA) is 65.7 Å². The molecule has 3 aromatic carbocycles. The fraction of sp³-hybridized carbons (Fsp3) is 0.192. The molecule has 0 aliphatic carbocycles. The maximum absolute atomic E-state index is 13.2. The van der Waals surface area contributed by atoms with Gasteiger partial charge in [0.25, 0.3) is 5.56 Å². The second kappa shape index (κ2) is 10.9. The summed E-state index contributed by atoms with van der Waals surface area (Å²) in [5, 5.41) is 5.28. The Morgan fingerprint density at radius 3 is 2.69 bits per heavy atom. The summed E-state index contributed by atoms with van der Waals surface area (Å²) in [5.41, 5.74) is 3.16. The van der Waals surface area contributed by atoms with Gasteiger partial charge in [0.2, 0.25) is 0 Å². The van der Waals surface area contributed by atoms with Crippen molar-refractivity contribution in [3.8, 4) is 11.5 Å². The summed E-state index contributed by atoms with van der Waals surface area (Å²) in [6, 6.07) is 15.2. The lowest BCUT2D eigenvalue weighted by molar-refractivity contribution is 0.284. The lowest BCUT2D eigenvalue weighted by Gasteiger charge is -2.15. The molecule has 180 valence electrons. The van der Waals surface area contributed by atoms with Gasteiger partial charge < -0.3 is 9.47 Å². The SMILES string of the molecule is CCc1nc2ccc(Br)cc2c(=O)n1N=Cc1cc(OC)c(OCc2cccc(C)c2)c(Cl)c1Br. The highest BCUT2D eigenvalue weighted by Crippen LogP contribution is 2.42. The first kappa shape index (κ1) is 25.4. The number of halogens is 3. The van der Waals surface area contributed by atoms with Crippen LogP contribution in [0.25, 0.3) is 10.9 Å². The van der Waals surface area contributed by atoms with Crippen molar-refractivity contribution in [3.63, 3.8) is 0 Å². The van der Waals surface area contributed by atoms with Crippen LogP contribution in [0.2, 0.25) is 5.02 Å². The highest BCUT2D eigenvalue weighted by atomic mass is 79.9. The molecule has 0 saturated carbocycles. The van der Waals surface area contributed by atoms with E-state index in [1.807, 2.05) is 44.2 Å². The van der Waals surface area contributed by atoms with Crippen LogP contribution in [0.4, 0.5) is 0 Å². The number of aromatic nitrogens is 2. The minimum Gasteiger partial charge on any atom is -0.493 e. The molecule has 0 aliphatic heterocycles. The number of hydrogen-bond donors (Lipinski definition) is 0. The van der Waals surface area contributed by atoms with E-state index in [0.29, 0.717) is 56.3 Å². The van der Waals surface area contributed by atoms with E-state index in [-0.39, 0.29) is 5.56 Å². The van der Waals surface area contributed by atoms with Crippen LogP contribution in [0.5, 0.6) is 11.5 Å². The van der Waals surface area contributed by atoms with E-state index in [4.69, 9.17) is 21.1 Å². The summed E-state index contributed by atoms with van der Waals surface area (Å²) in [4.78, 5) is 17.8. The molecular formula is C26H22Br2ClN3O3. The summed E-state index contributed by atoms with van der Waals surface area (Å²) in [6.45, 7) is 4.29. The van der Waals surface area contributed by atoms with Crippen molar-refractivity contribution >= 4 is 60.6 Å². The van der Waals surface area contributed by atoms with Crippen molar-refractivity contribution in [2.75, 3.05) is 7.11 Å². The van der Waals surface area contributed by atoms with E-state index in [1.54, 1.807) is 25.5 Å². The fourth-order valence-corrected chi connectivity index (χ4v) is 4.62. The number of fused-ring (bicyclic) bond motifs is 1. The molecule has 0 N–H and O–H groups in total. The Bertz CT molecular complexity index is 1500. The first-order valence-corrected chi connectivity index (χ1v) is 12.8. The molecule has 0 bridgehead atoms. The zero-order chi connectivity index (χ0) is 25.1. The minimum atomic E-state index is -0.253. The van der Waals surface area contributed by atoms with Crippen LogP contribution in [-0.4, -0.2) is 23.0 Å². The van der Waals surface area contributed by atoms with Crippen LogP contribution in [-0.2, 0) is 13.0 Å². The largest absolute Gasteiger partial charge is 0.493 e. The molecule has 35 heavy (non-hydrogen) atoms. The molecule has 9 heteroatoms. The molecule has 0 atom stereocenters. The summed E-state index contributed by atoms with van der Waals surface area (Å²) >= 11 is 13.6. The molecule has 6 nitrogen and oxygen atoms in total. The van der Waals surface area contributed by atoms with Crippen LogP contribution in [0, 0.1) is 6.92 Å². The van der Waals surface area contributed by atoms with Crippen molar-refractivity contribution in [2.45, 2.75) is 26.9 Å². The molecule has 0 saturated heterocycles. The first-order valence-electron chi connectivity index (χ1n) is 10.8. The summed E-state index contributed by atoms with van der Waals surface area (Å²) in [6.07, 6.45) is 2.09. The molecular weight excluding hydrogens is 598 g/mol. The third-order valence-electron chi connectivity index (χ3n) is 5.35. The number of nitrogens with zero attached hydrogens (tertiary/aromatic N) is 3. The Balaban J connectivity index is 1.71. The van der Waals surface area contributed by atoms with Gasteiger partial charge in [0.05, 0.1) is 24.2 Å². The smallest absolute Gasteiger partial charge is 0.282 e. The maximum Gasteiger partial charge on any atom is 0.282 e. The van der Waals surface area contributed by atoms with Gasteiger partial charge in [0.15, 0.2) is 11.5 Å².